The van der Waals surface area contributed by atoms with Gasteiger partial charge >= 0.3 is 0 Å². The van der Waals surface area contributed by atoms with Crippen LogP contribution in [0.1, 0.15) is 18.1 Å². The number of carbonyl (C=O) groups excluding carboxylic acids is 1. The quantitative estimate of drug-likeness (QED) is 0.346. The molecule has 0 aromatic carbocycles. The fraction of sp³-hybridized carbons (Fsp3) is 0.167. The summed E-state index contributed by atoms with van der Waals surface area (Å²) in [4.78, 5) is 20.8. The van der Waals surface area contributed by atoms with Crippen LogP contribution in [0, 0.1) is 23.7 Å². The van der Waals surface area contributed by atoms with Crippen LogP contribution in [0.2, 0.25) is 0 Å². The molecule has 0 saturated carbocycles. The first-order valence-corrected chi connectivity index (χ1v) is 8.24. The fourth-order valence-corrected chi connectivity index (χ4v) is 2.59. The van der Waals surface area contributed by atoms with E-state index in [1.165, 1.54) is 26.4 Å². The Balaban J connectivity index is 2.24. The van der Waals surface area contributed by atoms with E-state index >= 15 is 0 Å². The summed E-state index contributed by atoms with van der Waals surface area (Å²) in [6.45, 7) is 3.29. The number of nitrogens with zero attached hydrogens (tertiary/aromatic N) is 3. The van der Waals surface area contributed by atoms with E-state index in [0.29, 0.717) is 22.9 Å². The van der Waals surface area contributed by atoms with Crippen molar-refractivity contribution in [3.8, 4) is 11.9 Å². The average Bonchev–Trinajstić information content (AvgIpc) is 2.62. The molecule has 0 fully saturated rings. The normalized spacial score (nSPS) is 11.1. The highest BCUT2D eigenvalue weighted by molar-refractivity contribution is 7.84. The Labute approximate surface area is 162 Å². The molecule has 138 valence electrons. The average molecular weight is 382 g/mol. The van der Waals surface area contributed by atoms with Crippen LogP contribution in [0.3, 0.4) is 0 Å². The summed E-state index contributed by atoms with van der Waals surface area (Å²) in [6.07, 6.45) is 2.86. The standard InChI is InChI=1S/C18H18N6O2S/c1-10-6-13(9-22-17(10)26-3)23-16(25)15(11(2)20)18(27)24-14-5-4-12(7-19)8-21-14/h4-6,8-9,20,27H,1-3H3,(H,21,24)(H,23,25)/b18-15+,20-11?. The van der Waals surface area contributed by atoms with Crippen LogP contribution in [0.4, 0.5) is 11.5 Å². The van der Waals surface area contributed by atoms with Gasteiger partial charge in [0.2, 0.25) is 5.88 Å². The van der Waals surface area contributed by atoms with Crippen LogP contribution in [0.15, 0.2) is 41.2 Å². The number of nitrogens with one attached hydrogen (secondary N) is 3. The first-order chi connectivity index (χ1) is 12.8. The van der Waals surface area contributed by atoms with Crippen molar-refractivity contribution in [2.24, 2.45) is 0 Å². The minimum absolute atomic E-state index is 0.0248. The van der Waals surface area contributed by atoms with Gasteiger partial charge in [-0.1, -0.05) is 0 Å². The van der Waals surface area contributed by atoms with E-state index in [4.69, 9.17) is 15.4 Å². The van der Waals surface area contributed by atoms with Crippen molar-refractivity contribution in [1.82, 2.24) is 9.97 Å². The number of pyridine rings is 2. The van der Waals surface area contributed by atoms with Gasteiger partial charge in [0.15, 0.2) is 0 Å². The molecule has 0 atom stereocenters. The van der Waals surface area contributed by atoms with E-state index in [9.17, 15) is 4.79 Å². The number of hydrogen-bond acceptors (Lipinski definition) is 8. The Morgan fingerprint density at radius 2 is 2.04 bits per heavy atom. The predicted molar refractivity (Wildman–Crippen MR) is 106 cm³/mol. The molecule has 0 radical (unpaired) electrons. The Morgan fingerprint density at radius 1 is 1.30 bits per heavy atom. The van der Waals surface area contributed by atoms with Crippen LogP contribution in [0.25, 0.3) is 0 Å². The third kappa shape index (κ3) is 5.05. The lowest BCUT2D eigenvalue weighted by Gasteiger charge is -2.13. The number of carbonyl (C=O) groups is 1. The molecular weight excluding hydrogens is 364 g/mol. The molecule has 0 saturated heterocycles. The van der Waals surface area contributed by atoms with Gasteiger partial charge in [-0.05, 0) is 32.0 Å². The van der Waals surface area contributed by atoms with Crippen LogP contribution in [-0.4, -0.2) is 28.7 Å². The lowest BCUT2D eigenvalue weighted by atomic mass is 10.1. The highest BCUT2D eigenvalue weighted by Crippen LogP contribution is 2.20. The molecule has 0 aliphatic carbocycles. The topological polar surface area (TPSA) is 124 Å². The van der Waals surface area contributed by atoms with E-state index < -0.39 is 5.91 Å². The molecule has 27 heavy (non-hydrogen) atoms. The molecular formula is C18H18N6O2S. The van der Waals surface area contributed by atoms with Crippen molar-refractivity contribution < 1.29 is 9.53 Å². The lowest BCUT2D eigenvalue weighted by molar-refractivity contribution is -0.112. The van der Waals surface area contributed by atoms with Gasteiger partial charge in [-0.15, -0.1) is 12.6 Å². The van der Waals surface area contributed by atoms with Gasteiger partial charge in [0, 0.05) is 17.5 Å². The van der Waals surface area contributed by atoms with Gasteiger partial charge in [0.25, 0.3) is 5.91 Å². The molecule has 2 aromatic heterocycles. The summed E-state index contributed by atoms with van der Waals surface area (Å²) in [6, 6.07) is 6.86. The predicted octanol–water partition coefficient (Wildman–Crippen LogP) is 2.90. The molecule has 9 heteroatoms. The summed E-state index contributed by atoms with van der Waals surface area (Å²) in [5, 5.41) is 22.4. The van der Waals surface area contributed by atoms with Crippen molar-refractivity contribution in [3.05, 3.63) is 52.3 Å². The molecule has 0 aliphatic heterocycles. The number of methoxy groups -OCH3 is 1. The second-order valence-electron chi connectivity index (χ2n) is 5.52. The molecule has 2 heterocycles. The lowest BCUT2D eigenvalue weighted by Crippen LogP contribution is -2.22. The van der Waals surface area contributed by atoms with Crippen LogP contribution in [0.5, 0.6) is 5.88 Å². The van der Waals surface area contributed by atoms with Gasteiger partial charge < -0.3 is 20.8 Å². The molecule has 0 unspecified atom stereocenters. The number of aromatic nitrogens is 2. The Hall–Kier alpha value is -3.38. The number of thiol groups is 1. The summed E-state index contributed by atoms with van der Waals surface area (Å²) in [5.41, 5.74) is 1.72. The third-order valence-electron chi connectivity index (χ3n) is 3.46. The number of ether oxygens (including phenoxy) is 1. The molecule has 3 N–H and O–H groups in total. The van der Waals surface area contributed by atoms with Crippen molar-refractivity contribution >= 4 is 35.8 Å². The third-order valence-corrected chi connectivity index (χ3v) is 3.79. The Bertz CT molecular complexity index is 947. The number of aryl methyl sites for hydroxylation is 1. The van der Waals surface area contributed by atoms with Crippen molar-refractivity contribution in [1.29, 1.82) is 10.7 Å². The minimum atomic E-state index is -0.514. The molecule has 2 rings (SSSR count). The van der Waals surface area contributed by atoms with E-state index in [0.717, 1.165) is 5.56 Å². The van der Waals surface area contributed by atoms with Gasteiger partial charge in [-0.3, -0.25) is 4.79 Å². The van der Waals surface area contributed by atoms with E-state index in [1.54, 1.807) is 18.2 Å². The Kier molecular flexibility index (Phi) is 6.51. The van der Waals surface area contributed by atoms with Gasteiger partial charge in [-0.2, -0.15) is 5.26 Å². The van der Waals surface area contributed by atoms with Crippen molar-refractivity contribution in [2.75, 3.05) is 17.7 Å². The first kappa shape index (κ1) is 19.9. The van der Waals surface area contributed by atoms with Crippen LogP contribution >= 0.6 is 12.6 Å². The van der Waals surface area contributed by atoms with E-state index in [-0.39, 0.29) is 16.3 Å². The number of hydrogen-bond donors (Lipinski definition) is 4. The Morgan fingerprint density at radius 3 is 2.56 bits per heavy atom. The maximum Gasteiger partial charge on any atom is 0.260 e. The minimum Gasteiger partial charge on any atom is -0.481 e. The highest BCUT2D eigenvalue weighted by atomic mass is 32.1. The number of nitriles is 1. The maximum absolute atomic E-state index is 12.6. The number of anilines is 2. The fourth-order valence-electron chi connectivity index (χ4n) is 2.21. The molecule has 0 spiro atoms. The largest absolute Gasteiger partial charge is 0.481 e. The van der Waals surface area contributed by atoms with Crippen LogP contribution < -0.4 is 15.4 Å². The van der Waals surface area contributed by atoms with Crippen molar-refractivity contribution in [3.63, 3.8) is 0 Å². The SMILES string of the molecule is COc1ncc(NC(=O)/C(C(C)=N)=C(/S)Nc2ccc(C#N)cn2)cc1C. The number of amides is 1. The summed E-state index contributed by atoms with van der Waals surface area (Å²) in [7, 11) is 1.52. The summed E-state index contributed by atoms with van der Waals surface area (Å²) >= 11 is 4.31. The smallest absolute Gasteiger partial charge is 0.260 e. The summed E-state index contributed by atoms with van der Waals surface area (Å²) < 4.78 is 5.10. The second-order valence-corrected chi connectivity index (χ2v) is 5.97. The molecule has 0 bridgehead atoms. The molecule has 8 nitrogen and oxygen atoms in total. The first-order valence-electron chi connectivity index (χ1n) is 7.79. The zero-order valence-electron chi connectivity index (χ0n) is 15.0. The van der Waals surface area contributed by atoms with Crippen molar-refractivity contribution in [2.45, 2.75) is 13.8 Å². The maximum atomic E-state index is 12.6. The molecule has 2 aromatic rings. The zero-order chi connectivity index (χ0) is 20.0. The number of rotatable bonds is 6. The summed E-state index contributed by atoms with van der Waals surface area (Å²) in [5.74, 6) is 0.350. The van der Waals surface area contributed by atoms with E-state index in [1.807, 2.05) is 13.0 Å². The second kappa shape index (κ2) is 8.82. The zero-order valence-corrected chi connectivity index (χ0v) is 15.9. The van der Waals surface area contributed by atoms with Gasteiger partial charge in [0.1, 0.15) is 11.9 Å². The van der Waals surface area contributed by atoms with Crippen LogP contribution in [-0.2, 0) is 4.79 Å². The van der Waals surface area contributed by atoms with Gasteiger partial charge in [-0.25, -0.2) is 9.97 Å². The van der Waals surface area contributed by atoms with Gasteiger partial charge in [0.05, 0.1) is 35.2 Å². The monoisotopic (exact) mass is 382 g/mol. The highest BCUT2D eigenvalue weighted by Gasteiger charge is 2.17. The molecule has 0 aliphatic rings. The van der Waals surface area contributed by atoms with E-state index in [2.05, 4.69) is 33.2 Å². The molecule has 1 amide bonds.